The summed E-state index contributed by atoms with van der Waals surface area (Å²) in [5.74, 6) is 4.73. The van der Waals surface area contributed by atoms with Crippen LogP contribution >= 0.6 is 0 Å². The van der Waals surface area contributed by atoms with E-state index in [4.69, 9.17) is 11.5 Å². The van der Waals surface area contributed by atoms with Crippen LogP contribution in [0.4, 0.5) is 4.39 Å². The van der Waals surface area contributed by atoms with Gasteiger partial charge in [-0.05, 0) is 37.1 Å². The number of rotatable bonds is 3. The van der Waals surface area contributed by atoms with E-state index in [1.807, 2.05) is 0 Å². The van der Waals surface area contributed by atoms with Crippen LogP contribution in [0.25, 0.3) is 0 Å². The summed E-state index contributed by atoms with van der Waals surface area (Å²) in [6.45, 7) is 1.60. The average molecular weight is 289 g/mol. The van der Waals surface area contributed by atoms with Crippen molar-refractivity contribution in [3.63, 3.8) is 0 Å². The zero-order valence-corrected chi connectivity index (χ0v) is 11.9. The van der Waals surface area contributed by atoms with Gasteiger partial charge in [-0.1, -0.05) is 24.3 Å². The third kappa shape index (κ3) is 4.03. The van der Waals surface area contributed by atoms with E-state index in [-0.39, 0.29) is 24.3 Å². The first-order chi connectivity index (χ1) is 10.1. The number of nitrogens with zero attached hydrogens (tertiary/aromatic N) is 1. The fourth-order valence-electron chi connectivity index (χ4n) is 2.65. The molecule has 112 valence electrons. The maximum atomic E-state index is 13.6. The van der Waals surface area contributed by atoms with Crippen molar-refractivity contribution in [2.24, 2.45) is 11.5 Å². The number of carbonyl (C=O) groups excluding carboxylic acids is 1. The van der Waals surface area contributed by atoms with Gasteiger partial charge in [-0.2, -0.15) is 0 Å². The standard InChI is InChI=1S/C16H20FN3O/c17-14-7-6-12(10-13(14)4-3-8-18)11-20-9-2-1-5-15(20)16(19)21/h6-7,10,15H,1-2,5,8-9,11,18H2,(H2,19,21). The molecule has 0 saturated carbocycles. The Balaban J connectivity index is 2.16. The smallest absolute Gasteiger partial charge is 0.234 e. The molecule has 1 aromatic carbocycles. The van der Waals surface area contributed by atoms with Crippen LogP contribution in [-0.2, 0) is 11.3 Å². The van der Waals surface area contributed by atoms with Crippen LogP contribution in [0.3, 0.4) is 0 Å². The number of carbonyl (C=O) groups is 1. The van der Waals surface area contributed by atoms with Crippen LogP contribution in [-0.4, -0.2) is 29.9 Å². The normalized spacial score (nSPS) is 18.9. The van der Waals surface area contributed by atoms with E-state index in [1.54, 1.807) is 12.1 Å². The summed E-state index contributed by atoms with van der Waals surface area (Å²) in [7, 11) is 0. The number of halogens is 1. The minimum Gasteiger partial charge on any atom is -0.368 e. The van der Waals surface area contributed by atoms with Gasteiger partial charge in [-0.25, -0.2) is 4.39 Å². The maximum Gasteiger partial charge on any atom is 0.234 e. The van der Waals surface area contributed by atoms with Crippen molar-refractivity contribution < 1.29 is 9.18 Å². The molecule has 1 aromatic rings. The largest absolute Gasteiger partial charge is 0.368 e. The van der Waals surface area contributed by atoms with E-state index in [0.717, 1.165) is 31.4 Å². The summed E-state index contributed by atoms with van der Waals surface area (Å²) >= 11 is 0. The third-order valence-electron chi connectivity index (χ3n) is 3.68. The lowest BCUT2D eigenvalue weighted by atomic mass is 10.00. The van der Waals surface area contributed by atoms with Gasteiger partial charge in [0, 0.05) is 6.54 Å². The van der Waals surface area contributed by atoms with Crippen molar-refractivity contribution >= 4 is 5.91 Å². The van der Waals surface area contributed by atoms with Gasteiger partial charge in [0.25, 0.3) is 0 Å². The molecule has 21 heavy (non-hydrogen) atoms. The van der Waals surface area contributed by atoms with Crippen molar-refractivity contribution in [3.8, 4) is 11.8 Å². The van der Waals surface area contributed by atoms with Crippen molar-refractivity contribution in [2.75, 3.05) is 13.1 Å². The minimum atomic E-state index is -0.357. The van der Waals surface area contributed by atoms with Gasteiger partial charge < -0.3 is 11.5 Å². The molecule has 0 aliphatic carbocycles. The van der Waals surface area contributed by atoms with Crippen LogP contribution in [0.5, 0.6) is 0 Å². The summed E-state index contributed by atoms with van der Waals surface area (Å²) < 4.78 is 13.6. The zero-order chi connectivity index (χ0) is 15.2. The first kappa shape index (κ1) is 15.5. The molecule has 0 aromatic heterocycles. The highest BCUT2D eigenvalue weighted by Crippen LogP contribution is 2.20. The molecule has 1 heterocycles. The topological polar surface area (TPSA) is 72.3 Å². The molecule has 4 N–H and O–H groups in total. The summed E-state index contributed by atoms with van der Waals surface area (Å²) in [5, 5.41) is 0. The third-order valence-corrected chi connectivity index (χ3v) is 3.68. The van der Waals surface area contributed by atoms with E-state index in [9.17, 15) is 9.18 Å². The second-order valence-electron chi connectivity index (χ2n) is 5.20. The highest BCUT2D eigenvalue weighted by Gasteiger charge is 2.26. The first-order valence-corrected chi connectivity index (χ1v) is 7.12. The molecular formula is C16H20FN3O. The molecule has 1 fully saturated rings. The highest BCUT2D eigenvalue weighted by atomic mass is 19.1. The Bertz CT molecular complexity index is 577. The lowest BCUT2D eigenvalue weighted by molar-refractivity contribution is -0.124. The van der Waals surface area contributed by atoms with Crippen LogP contribution in [0.2, 0.25) is 0 Å². The Kier molecular flexibility index (Phi) is 5.32. The Hall–Kier alpha value is -1.90. The van der Waals surface area contributed by atoms with Gasteiger partial charge in [-0.15, -0.1) is 0 Å². The average Bonchev–Trinajstić information content (AvgIpc) is 2.48. The van der Waals surface area contributed by atoms with Gasteiger partial charge in [-0.3, -0.25) is 9.69 Å². The molecule has 0 bridgehead atoms. The molecule has 2 rings (SSSR count). The number of hydrogen-bond donors (Lipinski definition) is 2. The minimum absolute atomic E-state index is 0.194. The number of piperidine rings is 1. The molecule has 1 unspecified atom stereocenters. The predicted octanol–water partition coefficient (Wildman–Crippen LogP) is 0.976. The maximum absolute atomic E-state index is 13.6. The van der Waals surface area contributed by atoms with Crippen LogP contribution < -0.4 is 11.5 Å². The van der Waals surface area contributed by atoms with Gasteiger partial charge in [0.1, 0.15) is 5.82 Å². The molecule has 1 saturated heterocycles. The molecule has 0 spiro atoms. The van der Waals surface area contributed by atoms with Crippen molar-refractivity contribution in [2.45, 2.75) is 31.8 Å². The number of primary amides is 1. The zero-order valence-electron chi connectivity index (χ0n) is 11.9. The number of amides is 1. The van der Waals surface area contributed by atoms with Crippen LogP contribution in [0.1, 0.15) is 30.4 Å². The fourth-order valence-corrected chi connectivity index (χ4v) is 2.65. The van der Waals surface area contributed by atoms with E-state index in [0.29, 0.717) is 12.1 Å². The number of nitrogens with two attached hydrogens (primary N) is 2. The van der Waals surface area contributed by atoms with Gasteiger partial charge in [0.05, 0.1) is 18.2 Å². The van der Waals surface area contributed by atoms with E-state index in [2.05, 4.69) is 16.7 Å². The van der Waals surface area contributed by atoms with Crippen molar-refractivity contribution in [1.29, 1.82) is 0 Å². The quantitative estimate of drug-likeness (QED) is 0.815. The monoisotopic (exact) mass is 289 g/mol. The van der Waals surface area contributed by atoms with Gasteiger partial charge >= 0.3 is 0 Å². The molecule has 1 atom stereocenters. The lowest BCUT2D eigenvalue weighted by Gasteiger charge is -2.33. The molecule has 1 amide bonds. The molecule has 4 nitrogen and oxygen atoms in total. The number of likely N-dealkylation sites (tertiary alicyclic amines) is 1. The highest BCUT2D eigenvalue weighted by molar-refractivity contribution is 5.79. The number of benzene rings is 1. The molecule has 1 aliphatic rings. The first-order valence-electron chi connectivity index (χ1n) is 7.12. The molecule has 5 heteroatoms. The van der Waals surface area contributed by atoms with Crippen molar-refractivity contribution in [1.82, 2.24) is 4.90 Å². The second-order valence-corrected chi connectivity index (χ2v) is 5.20. The van der Waals surface area contributed by atoms with E-state index < -0.39 is 0 Å². The van der Waals surface area contributed by atoms with E-state index in [1.165, 1.54) is 6.07 Å². The summed E-state index contributed by atoms with van der Waals surface area (Å²) in [6, 6.07) is 4.60. The van der Waals surface area contributed by atoms with Gasteiger partial charge in [0.15, 0.2) is 0 Å². The van der Waals surface area contributed by atoms with E-state index >= 15 is 0 Å². The van der Waals surface area contributed by atoms with Gasteiger partial charge in [0.2, 0.25) is 5.91 Å². The Morgan fingerprint density at radius 2 is 2.24 bits per heavy atom. The molecular weight excluding hydrogens is 269 g/mol. The van der Waals surface area contributed by atoms with Crippen LogP contribution in [0.15, 0.2) is 18.2 Å². The summed E-state index contributed by atoms with van der Waals surface area (Å²) in [5.41, 5.74) is 12.0. The number of hydrogen-bond acceptors (Lipinski definition) is 3. The van der Waals surface area contributed by atoms with Crippen molar-refractivity contribution in [3.05, 3.63) is 35.1 Å². The molecule has 1 aliphatic heterocycles. The summed E-state index contributed by atoms with van der Waals surface area (Å²) in [6.07, 6.45) is 2.85. The van der Waals surface area contributed by atoms with Crippen LogP contribution in [0, 0.1) is 17.7 Å². The Labute approximate surface area is 124 Å². The summed E-state index contributed by atoms with van der Waals surface area (Å²) in [4.78, 5) is 13.6. The fraction of sp³-hybridized carbons (Fsp3) is 0.438. The SMILES string of the molecule is NCC#Cc1cc(CN2CCCCC2C(N)=O)ccc1F. The second kappa shape index (κ2) is 7.21. The Morgan fingerprint density at radius 1 is 1.43 bits per heavy atom. The lowest BCUT2D eigenvalue weighted by Crippen LogP contribution is -2.47. The Morgan fingerprint density at radius 3 is 2.95 bits per heavy atom. The molecule has 0 radical (unpaired) electrons. The predicted molar refractivity (Wildman–Crippen MR) is 79.6 cm³/mol.